The van der Waals surface area contributed by atoms with Crippen molar-refractivity contribution in [1.29, 1.82) is 0 Å². The van der Waals surface area contributed by atoms with Crippen LogP contribution in [0.4, 0.5) is 5.82 Å². The maximum absolute atomic E-state index is 5.65. The molecule has 4 nitrogen and oxygen atoms in total. The second-order valence-corrected chi connectivity index (χ2v) is 4.02. The van der Waals surface area contributed by atoms with Crippen LogP contribution in [-0.2, 0) is 7.05 Å². The molecule has 0 aliphatic heterocycles. The number of nitrogens with zero attached hydrogens (tertiary/aromatic N) is 2. The highest BCUT2D eigenvalue weighted by Gasteiger charge is 2.04. The highest BCUT2D eigenvalue weighted by atomic mass is 15.3. The first-order chi connectivity index (χ1) is 7.17. The number of nitrogens with two attached hydrogens (primary N) is 1. The lowest BCUT2D eigenvalue weighted by atomic mass is 10.0. The third-order valence-electron chi connectivity index (χ3n) is 2.77. The molecule has 0 aliphatic rings. The van der Waals surface area contributed by atoms with Gasteiger partial charge in [-0.2, -0.15) is 5.10 Å². The van der Waals surface area contributed by atoms with Gasteiger partial charge in [-0.15, -0.1) is 0 Å². The molecule has 1 heterocycles. The zero-order chi connectivity index (χ0) is 11.3. The standard InChI is InChI=1S/C11H22N4/c1-4-10(8-12)5-6-13-11-7-9(2)14-15(11)3/h7,10,13H,4-6,8,12H2,1-3H3. The second kappa shape index (κ2) is 5.75. The van der Waals surface area contributed by atoms with Crippen LogP contribution in [0.1, 0.15) is 25.5 Å². The summed E-state index contributed by atoms with van der Waals surface area (Å²) in [5, 5.41) is 7.66. The Balaban J connectivity index is 2.34. The van der Waals surface area contributed by atoms with Crippen molar-refractivity contribution < 1.29 is 0 Å². The van der Waals surface area contributed by atoms with Crippen LogP contribution in [0.2, 0.25) is 0 Å². The van der Waals surface area contributed by atoms with Crippen molar-refractivity contribution in [3.63, 3.8) is 0 Å². The third kappa shape index (κ3) is 3.55. The molecule has 0 fully saturated rings. The van der Waals surface area contributed by atoms with Gasteiger partial charge in [-0.25, -0.2) is 0 Å². The van der Waals surface area contributed by atoms with Crippen molar-refractivity contribution in [2.24, 2.45) is 18.7 Å². The predicted molar refractivity (Wildman–Crippen MR) is 63.9 cm³/mol. The molecular weight excluding hydrogens is 188 g/mol. The number of rotatable bonds is 6. The van der Waals surface area contributed by atoms with Crippen molar-refractivity contribution in [2.45, 2.75) is 26.7 Å². The van der Waals surface area contributed by atoms with Gasteiger partial charge in [0.2, 0.25) is 0 Å². The van der Waals surface area contributed by atoms with Gasteiger partial charge in [0, 0.05) is 19.7 Å². The first kappa shape index (κ1) is 12.0. The molecule has 0 aliphatic carbocycles. The lowest BCUT2D eigenvalue weighted by molar-refractivity contribution is 0.494. The van der Waals surface area contributed by atoms with Gasteiger partial charge in [-0.05, 0) is 25.8 Å². The molecule has 0 aromatic carbocycles. The van der Waals surface area contributed by atoms with Crippen LogP contribution in [0.25, 0.3) is 0 Å². The molecule has 15 heavy (non-hydrogen) atoms. The Morgan fingerprint density at radius 2 is 2.33 bits per heavy atom. The number of hydrogen-bond acceptors (Lipinski definition) is 3. The first-order valence-electron chi connectivity index (χ1n) is 5.62. The summed E-state index contributed by atoms with van der Waals surface area (Å²) in [4.78, 5) is 0. The van der Waals surface area contributed by atoms with E-state index in [0.717, 1.165) is 37.4 Å². The smallest absolute Gasteiger partial charge is 0.124 e. The van der Waals surface area contributed by atoms with E-state index >= 15 is 0 Å². The Labute approximate surface area is 91.8 Å². The summed E-state index contributed by atoms with van der Waals surface area (Å²) in [6.45, 7) is 5.93. The molecule has 1 rings (SSSR count). The molecule has 1 atom stereocenters. The largest absolute Gasteiger partial charge is 0.370 e. The SMILES string of the molecule is CCC(CN)CCNc1cc(C)nn1C. The molecule has 0 amide bonds. The molecule has 0 bridgehead atoms. The van der Waals surface area contributed by atoms with Gasteiger partial charge < -0.3 is 11.1 Å². The summed E-state index contributed by atoms with van der Waals surface area (Å²) in [5.41, 5.74) is 6.70. The van der Waals surface area contributed by atoms with Crippen molar-refractivity contribution >= 4 is 5.82 Å². The fourth-order valence-corrected chi connectivity index (χ4v) is 1.67. The van der Waals surface area contributed by atoms with E-state index in [1.54, 1.807) is 0 Å². The maximum Gasteiger partial charge on any atom is 0.124 e. The number of aryl methyl sites for hydroxylation is 2. The van der Waals surface area contributed by atoms with E-state index in [1.807, 2.05) is 18.7 Å². The fourth-order valence-electron chi connectivity index (χ4n) is 1.67. The van der Waals surface area contributed by atoms with E-state index in [1.165, 1.54) is 0 Å². The minimum Gasteiger partial charge on any atom is -0.370 e. The molecule has 1 aromatic heterocycles. The van der Waals surface area contributed by atoms with Gasteiger partial charge in [0.05, 0.1) is 5.69 Å². The molecule has 4 heteroatoms. The Morgan fingerprint density at radius 3 is 2.80 bits per heavy atom. The Kier molecular flexibility index (Phi) is 4.62. The molecular formula is C11H22N4. The summed E-state index contributed by atoms with van der Waals surface area (Å²) in [5.74, 6) is 1.71. The number of aromatic nitrogens is 2. The lowest BCUT2D eigenvalue weighted by Gasteiger charge is -2.12. The van der Waals surface area contributed by atoms with Crippen molar-refractivity contribution in [1.82, 2.24) is 9.78 Å². The molecule has 1 aromatic rings. The lowest BCUT2D eigenvalue weighted by Crippen LogP contribution is -2.17. The van der Waals surface area contributed by atoms with Gasteiger partial charge in [0.25, 0.3) is 0 Å². The van der Waals surface area contributed by atoms with Crippen LogP contribution in [0.15, 0.2) is 6.07 Å². The molecule has 0 saturated heterocycles. The quantitative estimate of drug-likeness (QED) is 0.748. The predicted octanol–water partition coefficient (Wildman–Crippen LogP) is 1.52. The Hall–Kier alpha value is -1.03. The highest BCUT2D eigenvalue weighted by Crippen LogP contribution is 2.10. The zero-order valence-electron chi connectivity index (χ0n) is 9.95. The van der Waals surface area contributed by atoms with E-state index in [-0.39, 0.29) is 0 Å². The number of anilines is 1. The normalized spacial score (nSPS) is 12.8. The van der Waals surface area contributed by atoms with Crippen LogP contribution < -0.4 is 11.1 Å². The highest BCUT2D eigenvalue weighted by molar-refractivity contribution is 5.36. The van der Waals surface area contributed by atoms with E-state index in [9.17, 15) is 0 Å². The van der Waals surface area contributed by atoms with Gasteiger partial charge >= 0.3 is 0 Å². The van der Waals surface area contributed by atoms with Gasteiger partial charge in [-0.1, -0.05) is 13.3 Å². The van der Waals surface area contributed by atoms with Crippen LogP contribution in [0.5, 0.6) is 0 Å². The summed E-state index contributed by atoms with van der Waals surface area (Å²) in [6.07, 6.45) is 2.28. The molecule has 0 saturated carbocycles. The van der Waals surface area contributed by atoms with E-state index in [2.05, 4.69) is 23.4 Å². The minimum atomic E-state index is 0.631. The van der Waals surface area contributed by atoms with E-state index in [0.29, 0.717) is 5.92 Å². The monoisotopic (exact) mass is 210 g/mol. The maximum atomic E-state index is 5.65. The van der Waals surface area contributed by atoms with E-state index in [4.69, 9.17) is 5.73 Å². The van der Waals surface area contributed by atoms with Crippen LogP contribution in [-0.4, -0.2) is 22.9 Å². The zero-order valence-corrected chi connectivity index (χ0v) is 9.95. The number of nitrogens with one attached hydrogen (secondary N) is 1. The minimum absolute atomic E-state index is 0.631. The molecule has 86 valence electrons. The van der Waals surface area contributed by atoms with Gasteiger partial charge in [0.1, 0.15) is 5.82 Å². The molecule has 0 radical (unpaired) electrons. The van der Waals surface area contributed by atoms with Crippen molar-refractivity contribution in [2.75, 3.05) is 18.4 Å². The van der Waals surface area contributed by atoms with Gasteiger partial charge in [-0.3, -0.25) is 4.68 Å². The summed E-state index contributed by atoms with van der Waals surface area (Å²) in [6, 6.07) is 2.06. The first-order valence-corrected chi connectivity index (χ1v) is 5.62. The summed E-state index contributed by atoms with van der Waals surface area (Å²) in [7, 11) is 1.95. The average molecular weight is 210 g/mol. The second-order valence-electron chi connectivity index (χ2n) is 4.02. The Bertz CT molecular complexity index is 289. The van der Waals surface area contributed by atoms with Crippen molar-refractivity contribution in [3.8, 4) is 0 Å². The summed E-state index contributed by atoms with van der Waals surface area (Å²) < 4.78 is 1.87. The fraction of sp³-hybridized carbons (Fsp3) is 0.727. The number of hydrogen-bond donors (Lipinski definition) is 2. The average Bonchev–Trinajstić information content (AvgIpc) is 2.52. The van der Waals surface area contributed by atoms with Crippen LogP contribution in [0.3, 0.4) is 0 Å². The topological polar surface area (TPSA) is 55.9 Å². The summed E-state index contributed by atoms with van der Waals surface area (Å²) >= 11 is 0. The molecule has 0 spiro atoms. The third-order valence-corrected chi connectivity index (χ3v) is 2.77. The molecule has 1 unspecified atom stereocenters. The van der Waals surface area contributed by atoms with Crippen LogP contribution in [0, 0.1) is 12.8 Å². The van der Waals surface area contributed by atoms with Crippen LogP contribution >= 0.6 is 0 Å². The van der Waals surface area contributed by atoms with E-state index < -0.39 is 0 Å². The Morgan fingerprint density at radius 1 is 1.60 bits per heavy atom. The van der Waals surface area contributed by atoms with Crippen molar-refractivity contribution in [3.05, 3.63) is 11.8 Å². The molecule has 3 N–H and O–H groups in total. The van der Waals surface area contributed by atoms with Gasteiger partial charge in [0.15, 0.2) is 0 Å².